The maximum atomic E-state index is 14.2. The summed E-state index contributed by atoms with van der Waals surface area (Å²) in [5.41, 5.74) is 2.92. The Morgan fingerprint density at radius 1 is 0.804 bits per heavy atom. The molecule has 0 aliphatic carbocycles. The van der Waals surface area contributed by atoms with Crippen LogP contribution in [0.2, 0.25) is 5.02 Å². The SMILES string of the molecule is CC(C)CNC(=O)C(Cc1ccccc1)N(Cc1ccc(Cl)cc1)C(=O)CN(c1ccc(OCc2ccccc2)cc1)S(C)(=O)=O. The predicted molar refractivity (Wildman–Crippen MR) is 183 cm³/mol. The van der Waals surface area contributed by atoms with E-state index < -0.39 is 28.5 Å². The number of amides is 2. The number of anilines is 1. The summed E-state index contributed by atoms with van der Waals surface area (Å²) in [5.74, 6) is -0.0836. The molecule has 0 aromatic heterocycles. The highest BCUT2D eigenvalue weighted by molar-refractivity contribution is 7.92. The number of carbonyl (C=O) groups excluding carboxylic acids is 2. The molecule has 0 bridgehead atoms. The molecule has 0 aliphatic rings. The number of nitrogens with one attached hydrogen (secondary N) is 1. The lowest BCUT2D eigenvalue weighted by Gasteiger charge is -2.33. The number of rotatable bonds is 15. The van der Waals surface area contributed by atoms with Crippen molar-refractivity contribution in [3.8, 4) is 5.75 Å². The number of sulfonamides is 1. The summed E-state index contributed by atoms with van der Waals surface area (Å²) in [6.07, 6.45) is 1.30. The number of hydrogen-bond donors (Lipinski definition) is 1. The Kier molecular flexibility index (Phi) is 12.2. The van der Waals surface area contributed by atoms with Crippen LogP contribution < -0.4 is 14.4 Å². The molecular formula is C36H40ClN3O5S. The van der Waals surface area contributed by atoms with Gasteiger partial charge in [0.1, 0.15) is 24.9 Å². The molecule has 0 radical (unpaired) electrons. The van der Waals surface area contributed by atoms with Crippen molar-refractivity contribution >= 4 is 39.1 Å². The van der Waals surface area contributed by atoms with Crippen LogP contribution in [0.25, 0.3) is 0 Å². The molecule has 0 saturated carbocycles. The zero-order valence-electron chi connectivity index (χ0n) is 26.3. The minimum atomic E-state index is -3.89. The highest BCUT2D eigenvalue weighted by Gasteiger charge is 2.33. The van der Waals surface area contributed by atoms with Crippen LogP contribution in [0.5, 0.6) is 5.75 Å². The Balaban J connectivity index is 1.63. The minimum Gasteiger partial charge on any atom is -0.489 e. The van der Waals surface area contributed by atoms with Crippen LogP contribution in [0.4, 0.5) is 5.69 Å². The monoisotopic (exact) mass is 661 g/mol. The third-order valence-corrected chi connectivity index (χ3v) is 8.67. The van der Waals surface area contributed by atoms with Gasteiger partial charge in [0.15, 0.2) is 0 Å². The van der Waals surface area contributed by atoms with Gasteiger partial charge >= 0.3 is 0 Å². The normalized spacial score (nSPS) is 11.9. The number of halogens is 1. The molecule has 4 aromatic rings. The molecule has 1 atom stereocenters. The van der Waals surface area contributed by atoms with E-state index in [9.17, 15) is 18.0 Å². The zero-order chi connectivity index (χ0) is 33.1. The summed E-state index contributed by atoms with van der Waals surface area (Å²) in [6.45, 7) is 4.35. The highest BCUT2D eigenvalue weighted by atomic mass is 35.5. The van der Waals surface area contributed by atoms with Crippen LogP contribution >= 0.6 is 11.6 Å². The maximum absolute atomic E-state index is 14.2. The summed E-state index contributed by atoms with van der Waals surface area (Å²) < 4.78 is 33.1. The number of carbonyl (C=O) groups is 2. The van der Waals surface area contributed by atoms with Gasteiger partial charge in [0, 0.05) is 24.5 Å². The van der Waals surface area contributed by atoms with Crippen molar-refractivity contribution in [2.45, 2.75) is 39.5 Å². The molecule has 0 fully saturated rings. The van der Waals surface area contributed by atoms with Crippen LogP contribution in [0.15, 0.2) is 109 Å². The van der Waals surface area contributed by atoms with Crippen molar-refractivity contribution in [1.29, 1.82) is 0 Å². The highest BCUT2D eigenvalue weighted by Crippen LogP contribution is 2.24. The van der Waals surface area contributed by atoms with Crippen LogP contribution in [0.3, 0.4) is 0 Å². The maximum Gasteiger partial charge on any atom is 0.244 e. The van der Waals surface area contributed by atoms with Crippen molar-refractivity contribution in [1.82, 2.24) is 10.2 Å². The average molecular weight is 662 g/mol. The van der Waals surface area contributed by atoms with Gasteiger partial charge in [-0.1, -0.05) is 98.2 Å². The van der Waals surface area contributed by atoms with E-state index in [0.717, 1.165) is 27.3 Å². The lowest BCUT2D eigenvalue weighted by Crippen LogP contribution is -2.53. The van der Waals surface area contributed by atoms with E-state index >= 15 is 0 Å². The van der Waals surface area contributed by atoms with E-state index in [-0.39, 0.29) is 24.8 Å². The van der Waals surface area contributed by atoms with E-state index in [0.29, 0.717) is 29.6 Å². The summed E-state index contributed by atoms with van der Waals surface area (Å²) in [4.78, 5) is 29.4. The van der Waals surface area contributed by atoms with Gasteiger partial charge in [0.05, 0.1) is 11.9 Å². The summed E-state index contributed by atoms with van der Waals surface area (Å²) in [5, 5.41) is 3.52. The summed E-state index contributed by atoms with van der Waals surface area (Å²) in [6, 6.07) is 31.8. The van der Waals surface area contributed by atoms with Crippen LogP contribution in [0.1, 0.15) is 30.5 Å². The Hall–Kier alpha value is -4.34. The molecule has 10 heteroatoms. The molecular weight excluding hydrogens is 622 g/mol. The van der Waals surface area contributed by atoms with Crippen molar-refractivity contribution in [3.63, 3.8) is 0 Å². The standard InChI is InChI=1S/C36H40ClN3O5S/c1-27(2)23-38-36(42)34(22-28-10-6-4-7-11-28)39(24-29-14-16-31(37)17-15-29)35(41)25-40(46(3,43)44)32-18-20-33(21-19-32)45-26-30-12-8-5-9-13-30/h4-21,27,34H,22-26H2,1-3H3,(H,38,42). The second-order valence-electron chi connectivity index (χ2n) is 11.5. The fourth-order valence-electron chi connectivity index (χ4n) is 4.83. The Labute approximate surface area is 277 Å². The molecule has 0 spiro atoms. The first-order chi connectivity index (χ1) is 22.0. The Morgan fingerprint density at radius 3 is 1.96 bits per heavy atom. The second-order valence-corrected chi connectivity index (χ2v) is 13.9. The molecule has 4 aromatic carbocycles. The van der Waals surface area contributed by atoms with Crippen LogP contribution in [-0.2, 0) is 39.2 Å². The van der Waals surface area contributed by atoms with Gasteiger partial charge in [0.2, 0.25) is 21.8 Å². The van der Waals surface area contributed by atoms with Gasteiger partial charge in [-0.15, -0.1) is 0 Å². The predicted octanol–water partition coefficient (Wildman–Crippen LogP) is 6.10. The van der Waals surface area contributed by atoms with Gasteiger partial charge in [-0.2, -0.15) is 0 Å². The number of nitrogens with zero attached hydrogens (tertiary/aromatic N) is 2. The molecule has 4 rings (SSSR count). The van der Waals surface area contributed by atoms with E-state index in [1.54, 1.807) is 48.5 Å². The third-order valence-electron chi connectivity index (χ3n) is 7.27. The van der Waals surface area contributed by atoms with Crippen molar-refractivity contribution in [2.24, 2.45) is 5.92 Å². The molecule has 1 N–H and O–H groups in total. The van der Waals surface area contributed by atoms with Gasteiger partial charge in [-0.3, -0.25) is 13.9 Å². The summed E-state index contributed by atoms with van der Waals surface area (Å²) in [7, 11) is -3.89. The quantitative estimate of drug-likeness (QED) is 0.166. The fraction of sp³-hybridized carbons (Fsp3) is 0.278. The Bertz CT molecular complexity index is 1670. The lowest BCUT2D eigenvalue weighted by atomic mass is 10.0. The molecule has 242 valence electrons. The zero-order valence-corrected chi connectivity index (χ0v) is 27.9. The summed E-state index contributed by atoms with van der Waals surface area (Å²) >= 11 is 6.12. The molecule has 2 amide bonds. The van der Waals surface area contributed by atoms with Crippen molar-refractivity contribution in [3.05, 3.63) is 131 Å². The fourth-order valence-corrected chi connectivity index (χ4v) is 5.80. The first-order valence-electron chi connectivity index (χ1n) is 15.1. The van der Waals surface area contributed by atoms with Crippen LogP contribution in [-0.4, -0.2) is 50.5 Å². The lowest BCUT2D eigenvalue weighted by molar-refractivity contribution is -0.140. The van der Waals surface area contributed by atoms with Crippen LogP contribution in [0, 0.1) is 5.92 Å². The number of hydrogen-bond acceptors (Lipinski definition) is 5. The molecule has 0 heterocycles. The third kappa shape index (κ3) is 10.4. The van der Waals surface area contributed by atoms with E-state index in [2.05, 4.69) is 5.32 Å². The van der Waals surface area contributed by atoms with E-state index in [1.165, 1.54) is 4.90 Å². The molecule has 46 heavy (non-hydrogen) atoms. The van der Waals surface area contributed by atoms with E-state index in [4.69, 9.17) is 16.3 Å². The largest absolute Gasteiger partial charge is 0.489 e. The van der Waals surface area contributed by atoms with Gasteiger partial charge in [-0.25, -0.2) is 8.42 Å². The number of benzene rings is 4. The minimum absolute atomic E-state index is 0.0759. The number of ether oxygens (including phenoxy) is 1. The second kappa shape index (κ2) is 16.3. The molecule has 8 nitrogen and oxygen atoms in total. The molecule has 0 aliphatic heterocycles. The van der Waals surface area contributed by atoms with Gasteiger partial charge < -0.3 is 15.0 Å². The first kappa shape index (κ1) is 34.5. The average Bonchev–Trinajstić information content (AvgIpc) is 3.04. The molecule has 0 saturated heterocycles. The van der Waals surface area contributed by atoms with Crippen molar-refractivity contribution < 1.29 is 22.7 Å². The topological polar surface area (TPSA) is 96.0 Å². The first-order valence-corrected chi connectivity index (χ1v) is 17.3. The van der Waals surface area contributed by atoms with E-state index in [1.807, 2.05) is 74.5 Å². The smallest absolute Gasteiger partial charge is 0.244 e. The molecule has 1 unspecified atom stereocenters. The van der Waals surface area contributed by atoms with Gasteiger partial charge in [0.25, 0.3) is 0 Å². The van der Waals surface area contributed by atoms with Crippen molar-refractivity contribution in [2.75, 3.05) is 23.7 Å². The van der Waals surface area contributed by atoms with Gasteiger partial charge in [-0.05, 0) is 59.0 Å². The Morgan fingerprint density at radius 2 is 1.39 bits per heavy atom.